The Kier molecular flexibility index (Phi) is 4.99. The summed E-state index contributed by atoms with van der Waals surface area (Å²) in [5.74, 6) is -0.786. The van der Waals surface area contributed by atoms with E-state index < -0.39 is 5.82 Å². The first-order valence-corrected chi connectivity index (χ1v) is 5.29. The molecule has 86 valence electrons. The van der Waals surface area contributed by atoms with Crippen LogP contribution in [0.3, 0.4) is 0 Å². The fourth-order valence-corrected chi connectivity index (χ4v) is 1.34. The van der Waals surface area contributed by atoms with E-state index in [1.807, 2.05) is 0 Å². The molecule has 0 aliphatic heterocycles. The number of halogens is 2. The second kappa shape index (κ2) is 6.28. The molecule has 0 bridgehead atoms. The van der Waals surface area contributed by atoms with E-state index >= 15 is 0 Å². The summed E-state index contributed by atoms with van der Waals surface area (Å²) in [6, 6.07) is 4.52. The van der Waals surface area contributed by atoms with Crippen LogP contribution in [0.5, 0.6) is 0 Å². The van der Waals surface area contributed by atoms with Crippen molar-refractivity contribution in [3.8, 4) is 0 Å². The zero-order chi connectivity index (χ0) is 12.0. The molecule has 1 rings (SSSR count). The third-order valence-corrected chi connectivity index (χ3v) is 2.27. The first-order valence-electron chi connectivity index (χ1n) is 4.91. The zero-order valence-corrected chi connectivity index (χ0v) is 9.63. The van der Waals surface area contributed by atoms with Crippen molar-refractivity contribution < 1.29 is 13.9 Å². The van der Waals surface area contributed by atoms with Gasteiger partial charge in [-0.3, -0.25) is 4.79 Å². The Morgan fingerprint density at radius 1 is 1.56 bits per heavy atom. The minimum atomic E-state index is -0.472. The topological polar surface area (TPSA) is 26.3 Å². The molecule has 0 fully saturated rings. The maximum Gasteiger partial charge on any atom is 0.309 e. The van der Waals surface area contributed by atoms with Gasteiger partial charge in [-0.25, -0.2) is 4.39 Å². The lowest BCUT2D eigenvalue weighted by Gasteiger charge is -1.99. The van der Waals surface area contributed by atoms with Gasteiger partial charge >= 0.3 is 5.97 Å². The third kappa shape index (κ3) is 3.66. The SMILES string of the molecule is CCOC(=O)CC=Cc1cccc(F)c1Cl. The van der Waals surface area contributed by atoms with Crippen molar-refractivity contribution in [3.63, 3.8) is 0 Å². The van der Waals surface area contributed by atoms with Crippen LogP contribution in [0.15, 0.2) is 24.3 Å². The van der Waals surface area contributed by atoms with Gasteiger partial charge in [-0.15, -0.1) is 0 Å². The molecule has 0 heterocycles. The van der Waals surface area contributed by atoms with Gasteiger partial charge in [-0.1, -0.05) is 35.9 Å². The highest BCUT2D eigenvalue weighted by atomic mass is 35.5. The highest BCUT2D eigenvalue weighted by molar-refractivity contribution is 6.32. The first-order chi connectivity index (χ1) is 7.65. The quantitative estimate of drug-likeness (QED) is 0.756. The Morgan fingerprint density at radius 3 is 3.00 bits per heavy atom. The van der Waals surface area contributed by atoms with Crippen LogP contribution >= 0.6 is 11.6 Å². The maximum atomic E-state index is 13.0. The van der Waals surface area contributed by atoms with Crippen molar-refractivity contribution in [2.24, 2.45) is 0 Å². The molecule has 16 heavy (non-hydrogen) atoms. The predicted octanol–water partition coefficient (Wildman–Crippen LogP) is 3.45. The molecule has 0 saturated carbocycles. The van der Waals surface area contributed by atoms with E-state index in [4.69, 9.17) is 16.3 Å². The van der Waals surface area contributed by atoms with E-state index in [0.717, 1.165) is 0 Å². The van der Waals surface area contributed by atoms with Crippen LogP contribution in [0.2, 0.25) is 5.02 Å². The van der Waals surface area contributed by atoms with Gasteiger partial charge in [-0.2, -0.15) is 0 Å². The van der Waals surface area contributed by atoms with Crippen LogP contribution in [-0.2, 0) is 9.53 Å². The Labute approximate surface area is 98.7 Å². The average Bonchev–Trinajstić information content (AvgIpc) is 2.25. The van der Waals surface area contributed by atoms with Gasteiger partial charge in [0, 0.05) is 0 Å². The molecule has 0 saturated heterocycles. The van der Waals surface area contributed by atoms with E-state index in [-0.39, 0.29) is 17.4 Å². The first kappa shape index (κ1) is 12.7. The van der Waals surface area contributed by atoms with Gasteiger partial charge in [0.2, 0.25) is 0 Å². The monoisotopic (exact) mass is 242 g/mol. The number of rotatable bonds is 4. The molecule has 0 atom stereocenters. The van der Waals surface area contributed by atoms with E-state index in [9.17, 15) is 9.18 Å². The summed E-state index contributed by atoms with van der Waals surface area (Å²) in [7, 11) is 0. The molecule has 0 aromatic heterocycles. The lowest BCUT2D eigenvalue weighted by Crippen LogP contribution is -2.01. The summed E-state index contributed by atoms with van der Waals surface area (Å²) < 4.78 is 17.8. The van der Waals surface area contributed by atoms with Crippen LogP contribution in [0.1, 0.15) is 18.9 Å². The second-order valence-corrected chi connectivity index (χ2v) is 3.43. The number of ether oxygens (including phenoxy) is 1. The maximum absolute atomic E-state index is 13.0. The van der Waals surface area contributed by atoms with Gasteiger partial charge in [0.25, 0.3) is 0 Å². The highest BCUT2D eigenvalue weighted by Gasteiger charge is 2.02. The second-order valence-electron chi connectivity index (χ2n) is 3.05. The van der Waals surface area contributed by atoms with Crippen LogP contribution in [0.25, 0.3) is 6.08 Å². The summed E-state index contributed by atoms with van der Waals surface area (Å²) >= 11 is 5.73. The van der Waals surface area contributed by atoms with Gasteiger partial charge < -0.3 is 4.74 Å². The van der Waals surface area contributed by atoms with Gasteiger partial charge in [0.15, 0.2) is 0 Å². The minimum Gasteiger partial charge on any atom is -0.466 e. The summed E-state index contributed by atoms with van der Waals surface area (Å²) in [5.41, 5.74) is 0.547. The highest BCUT2D eigenvalue weighted by Crippen LogP contribution is 2.20. The van der Waals surface area contributed by atoms with Crippen LogP contribution in [0, 0.1) is 5.82 Å². The molecule has 1 aromatic rings. The zero-order valence-electron chi connectivity index (χ0n) is 8.87. The number of hydrogen-bond acceptors (Lipinski definition) is 2. The molecule has 2 nitrogen and oxygen atoms in total. The molecule has 1 aromatic carbocycles. The van der Waals surface area contributed by atoms with Crippen molar-refractivity contribution in [2.45, 2.75) is 13.3 Å². The van der Waals surface area contributed by atoms with Crippen molar-refractivity contribution in [2.75, 3.05) is 6.61 Å². The van der Waals surface area contributed by atoms with E-state index in [0.29, 0.717) is 12.2 Å². The largest absolute Gasteiger partial charge is 0.466 e. The van der Waals surface area contributed by atoms with Crippen molar-refractivity contribution >= 4 is 23.6 Å². The van der Waals surface area contributed by atoms with Gasteiger partial charge in [0.05, 0.1) is 18.1 Å². The van der Waals surface area contributed by atoms with E-state index in [1.165, 1.54) is 6.07 Å². The summed E-state index contributed by atoms with van der Waals surface area (Å²) in [6.45, 7) is 2.10. The molecular weight excluding hydrogens is 231 g/mol. The predicted molar refractivity (Wildman–Crippen MR) is 61.7 cm³/mol. The molecule has 0 unspecified atom stereocenters. The third-order valence-electron chi connectivity index (χ3n) is 1.87. The average molecular weight is 243 g/mol. The molecule has 4 heteroatoms. The Balaban J connectivity index is 2.63. The summed E-state index contributed by atoms with van der Waals surface area (Å²) in [4.78, 5) is 11.0. The van der Waals surface area contributed by atoms with Crippen molar-refractivity contribution in [1.29, 1.82) is 0 Å². The molecule has 0 amide bonds. The normalized spacial score (nSPS) is 10.7. The molecular formula is C12H12ClFO2. The van der Waals surface area contributed by atoms with Crippen molar-refractivity contribution in [1.82, 2.24) is 0 Å². The van der Waals surface area contributed by atoms with Crippen molar-refractivity contribution in [3.05, 3.63) is 40.7 Å². The standard InChI is InChI=1S/C12H12ClFO2/c1-2-16-11(15)8-4-6-9-5-3-7-10(14)12(9)13/h3-7H,2,8H2,1H3. The smallest absolute Gasteiger partial charge is 0.309 e. The molecule has 0 radical (unpaired) electrons. The number of hydrogen-bond donors (Lipinski definition) is 0. The molecule has 0 aliphatic rings. The summed E-state index contributed by atoms with van der Waals surface area (Å²) in [5, 5.41) is 0.0580. The molecule has 0 N–H and O–H groups in total. The number of benzene rings is 1. The van der Waals surface area contributed by atoms with E-state index in [1.54, 1.807) is 31.2 Å². The fraction of sp³-hybridized carbons (Fsp3) is 0.250. The minimum absolute atomic E-state index is 0.0580. The van der Waals surface area contributed by atoms with Gasteiger partial charge in [-0.05, 0) is 18.6 Å². The van der Waals surface area contributed by atoms with Crippen LogP contribution in [0.4, 0.5) is 4.39 Å². The Hall–Kier alpha value is -1.35. The van der Waals surface area contributed by atoms with E-state index in [2.05, 4.69) is 0 Å². The molecule has 0 aliphatic carbocycles. The lowest BCUT2D eigenvalue weighted by atomic mass is 10.2. The van der Waals surface area contributed by atoms with Crippen LogP contribution in [-0.4, -0.2) is 12.6 Å². The number of esters is 1. The molecule has 0 spiro atoms. The van der Waals surface area contributed by atoms with Gasteiger partial charge in [0.1, 0.15) is 5.82 Å². The fourth-order valence-electron chi connectivity index (χ4n) is 1.15. The number of carbonyl (C=O) groups is 1. The Bertz CT molecular complexity index is 402. The van der Waals surface area contributed by atoms with Crippen LogP contribution < -0.4 is 0 Å². The lowest BCUT2D eigenvalue weighted by molar-refractivity contribution is -0.142. The summed E-state index contributed by atoms with van der Waals surface area (Å²) in [6.07, 6.45) is 3.35. The number of carbonyl (C=O) groups excluding carboxylic acids is 1. The Morgan fingerprint density at radius 2 is 2.31 bits per heavy atom.